The molecule has 44 heavy (non-hydrogen) atoms. The molecule has 226 valence electrons. The number of nitrogens with zero attached hydrogens (tertiary/aromatic N) is 4. The fraction of sp³-hybridized carbons (Fsp3) is 0.206. The minimum Gasteiger partial charge on any atom is -0.392 e. The molecule has 0 spiro atoms. The number of benzene rings is 2. The molecule has 1 aliphatic heterocycles. The first-order chi connectivity index (χ1) is 21.1. The molecule has 0 unspecified atom stereocenters. The third kappa shape index (κ3) is 6.11. The Labute approximate surface area is 256 Å². The number of nitrogens with one attached hydrogen (secondary N) is 3. The molecule has 0 aliphatic carbocycles. The van der Waals surface area contributed by atoms with Crippen LogP contribution in [0.5, 0.6) is 0 Å². The van der Waals surface area contributed by atoms with E-state index in [-0.39, 0.29) is 23.9 Å². The standard InChI is InChI=1S/C33H32FN7O.CH5N/c1-18(15-38-29(35)14-19(2)36-5)31(37-6)25-16-39-32-24(25)8-7-9-28(32)41-17-26-23(10-11-27(34)30(26)33(41)42)22-12-20(3)40-21(4)13-22;1-2/h7-16,35-36,39H,6,17H2,1-5H3;2H2,1H3/b19-14-,31-18-,35-29?,38-15?;. The van der Waals surface area contributed by atoms with Crippen LogP contribution in [0.15, 0.2) is 76.0 Å². The van der Waals surface area contributed by atoms with Gasteiger partial charge in [-0.3, -0.25) is 20.2 Å². The number of aromatic amines is 1. The maximum atomic E-state index is 15.1. The highest BCUT2D eigenvalue weighted by Gasteiger charge is 2.35. The smallest absolute Gasteiger partial charge is 0.262 e. The van der Waals surface area contributed by atoms with Crippen molar-refractivity contribution in [2.45, 2.75) is 34.2 Å². The van der Waals surface area contributed by atoms with E-state index in [1.165, 1.54) is 13.1 Å². The number of fused-ring (bicyclic) bond motifs is 2. The van der Waals surface area contributed by atoms with Crippen molar-refractivity contribution < 1.29 is 9.18 Å². The molecule has 2 aromatic heterocycles. The summed E-state index contributed by atoms with van der Waals surface area (Å²) in [5.41, 5.74) is 12.9. The molecule has 3 heterocycles. The van der Waals surface area contributed by atoms with Crippen molar-refractivity contribution in [3.8, 4) is 11.1 Å². The molecule has 0 bridgehead atoms. The highest BCUT2D eigenvalue weighted by molar-refractivity contribution is 6.15. The van der Waals surface area contributed by atoms with Gasteiger partial charge >= 0.3 is 0 Å². The van der Waals surface area contributed by atoms with E-state index in [0.29, 0.717) is 16.9 Å². The van der Waals surface area contributed by atoms with Crippen LogP contribution in [0.25, 0.3) is 27.7 Å². The summed E-state index contributed by atoms with van der Waals surface area (Å²) in [6.45, 7) is 11.5. The molecule has 5 N–H and O–H groups in total. The van der Waals surface area contributed by atoms with Crippen LogP contribution in [-0.4, -0.2) is 48.7 Å². The van der Waals surface area contributed by atoms with Crippen molar-refractivity contribution in [1.29, 1.82) is 5.41 Å². The normalized spacial score (nSPS) is 13.5. The third-order valence-corrected chi connectivity index (χ3v) is 7.35. The van der Waals surface area contributed by atoms with E-state index in [1.54, 1.807) is 30.3 Å². The molecule has 0 atom stereocenters. The summed E-state index contributed by atoms with van der Waals surface area (Å²) in [5.74, 6) is -0.828. The molecule has 10 heteroatoms. The molecule has 0 saturated heterocycles. The molecular weight excluding hydrogens is 555 g/mol. The molecule has 0 radical (unpaired) electrons. The Kier molecular flexibility index (Phi) is 9.65. The Hall–Kier alpha value is -5.22. The average molecular weight is 593 g/mol. The summed E-state index contributed by atoms with van der Waals surface area (Å²) >= 11 is 0. The zero-order chi connectivity index (χ0) is 32.1. The summed E-state index contributed by atoms with van der Waals surface area (Å²) < 4.78 is 15.1. The van der Waals surface area contributed by atoms with Gasteiger partial charge in [-0.05, 0) is 88.0 Å². The van der Waals surface area contributed by atoms with Crippen molar-refractivity contribution >= 4 is 47.0 Å². The quantitative estimate of drug-likeness (QED) is 0.147. The largest absolute Gasteiger partial charge is 0.392 e. The van der Waals surface area contributed by atoms with Crippen molar-refractivity contribution in [3.63, 3.8) is 0 Å². The van der Waals surface area contributed by atoms with Crippen molar-refractivity contribution in [2.75, 3.05) is 19.0 Å². The van der Waals surface area contributed by atoms with Crippen LogP contribution in [0, 0.1) is 25.1 Å². The lowest BCUT2D eigenvalue weighted by Gasteiger charge is -2.17. The summed E-state index contributed by atoms with van der Waals surface area (Å²) in [6, 6.07) is 12.6. The minimum absolute atomic E-state index is 0.0915. The van der Waals surface area contributed by atoms with Gasteiger partial charge in [-0.25, -0.2) is 9.38 Å². The van der Waals surface area contributed by atoms with Crippen LogP contribution in [0.4, 0.5) is 10.1 Å². The molecule has 1 aliphatic rings. The fourth-order valence-electron chi connectivity index (χ4n) is 5.36. The number of para-hydroxylation sites is 1. The molecule has 0 fully saturated rings. The lowest BCUT2D eigenvalue weighted by molar-refractivity contribution is 0.0993. The number of anilines is 1. The van der Waals surface area contributed by atoms with E-state index in [9.17, 15) is 4.79 Å². The van der Waals surface area contributed by atoms with E-state index in [0.717, 1.165) is 50.3 Å². The Bertz CT molecular complexity index is 1840. The zero-order valence-corrected chi connectivity index (χ0v) is 25.8. The summed E-state index contributed by atoms with van der Waals surface area (Å²) in [4.78, 5) is 31.6. The predicted molar refractivity (Wildman–Crippen MR) is 179 cm³/mol. The second-order valence-electron chi connectivity index (χ2n) is 10.3. The number of hydrogen-bond donors (Lipinski definition) is 4. The number of carbonyl (C=O) groups is 1. The number of aromatic nitrogens is 2. The van der Waals surface area contributed by atoms with E-state index >= 15 is 4.39 Å². The van der Waals surface area contributed by atoms with Gasteiger partial charge in [0, 0.05) is 53.6 Å². The number of nitrogens with two attached hydrogens (primary N) is 1. The van der Waals surface area contributed by atoms with Gasteiger partial charge in [0.25, 0.3) is 5.91 Å². The maximum Gasteiger partial charge on any atom is 0.262 e. The molecule has 1 amide bonds. The molecule has 4 aromatic rings. The lowest BCUT2D eigenvalue weighted by Crippen LogP contribution is -2.23. The highest BCUT2D eigenvalue weighted by atomic mass is 19.1. The number of halogens is 1. The van der Waals surface area contributed by atoms with Crippen LogP contribution >= 0.6 is 0 Å². The Morgan fingerprint density at radius 1 is 1.18 bits per heavy atom. The van der Waals surface area contributed by atoms with Gasteiger partial charge in [0.15, 0.2) is 0 Å². The first-order valence-corrected chi connectivity index (χ1v) is 14.1. The van der Waals surface area contributed by atoms with Gasteiger partial charge in [-0.1, -0.05) is 18.2 Å². The van der Waals surface area contributed by atoms with Crippen LogP contribution in [0.3, 0.4) is 0 Å². The minimum atomic E-state index is -0.538. The Balaban J connectivity index is 0.00000216. The van der Waals surface area contributed by atoms with Crippen LogP contribution in [-0.2, 0) is 6.54 Å². The number of rotatable bonds is 7. The number of aliphatic imine (C=N–C) groups is 2. The number of pyridine rings is 1. The van der Waals surface area contributed by atoms with Crippen molar-refractivity contribution in [1.82, 2.24) is 15.3 Å². The monoisotopic (exact) mass is 592 g/mol. The SMILES string of the molecule is C=N/C(=C(/C)C=NC(=N)/C=C(/C)NC)c1c[nH]c2c(N3Cc4c(-c5cc(C)nc(C)c5)ccc(F)c4C3=O)cccc12.CN. The van der Waals surface area contributed by atoms with Gasteiger partial charge in [-0.2, -0.15) is 0 Å². The molecule has 0 saturated carbocycles. The molecule has 9 nitrogen and oxygen atoms in total. The average Bonchev–Trinajstić information content (AvgIpc) is 3.59. The van der Waals surface area contributed by atoms with E-state index in [4.69, 9.17) is 5.41 Å². The lowest BCUT2D eigenvalue weighted by atomic mass is 9.96. The Morgan fingerprint density at radius 3 is 2.55 bits per heavy atom. The van der Waals surface area contributed by atoms with Gasteiger partial charge in [0.05, 0.1) is 29.0 Å². The highest BCUT2D eigenvalue weighted by Crippen LogP contribution is 2.40. The zero-order valence-electron chi connectivity index (χ0n) is 25.8. The van der Waals surface area contributed by atoms with Gasteiger partial charge in [-0.15, -0.1) is 0 Å². The van der Waals surface area contributed by atoms with E-state index in [1.807, 2.05) is 64.2 Å². The molecular formula is C34H37FN8O. The second kappa shape index (κ2) is 13.4. The second-order valence-corrected chi connectivity index (χ2v) is 10.3. The topological polar surface area (TPSA) is 136 Å². The maximum absolute atomic E-state index is 15.1. The van der Waals surface area contributed by atoms with Gasteiger partial charge in [0.2, 0.25) is 0 Å². The number of hydrogen-bond acceptors (Lipinski definition) is 6. The van der Waals surface area contributed by atoms with Crippen LogP contribution in [0.1, 0.15) is 46.7 Å². The number of amides is 1. The Morgan fingerprint density at radius 2 is 1.89 bits per heavy atom. The molecule has 2 aromatic carbocycles. The fourth-order valence-corrected chi connectivity index (χ4v) is 5.36. The van der Waals surface area contributed by atoms with Gasteiger partial charge in [0.1, 0.15) is 11.7 Å². The van der Waals surface area contributed by atoms with Crippen molar-refractivity contribution in [2.24, 2.45) is 15.7 Å². The van der Waals surface area contributed by atoms with Crippen LogP contribution < -0.4 is 16.0 Å². The third-order valence-electron chi connectivity index (χ3n) is 7.35. The number of carbonyl (C=O) groups excluding carboxylic acids is 1. The summed E-state index contributed by atoms with van der Waals surface area (Å²) in [5, 5.41) is 11.9. The first kappa shape index (κ1) is 31.7. The van der Waals surface area contributed by atoms with Crippen molar-refractivity contribution in [3.05, 3.63) is 99.9 Å². The van der Waals surface area contributed by atoms with Crippen LogP contribution in [0.2, 0.25) is 0 Å². The number of aryl methyl sites for hydroxylation is 2. The number of allylic oxidation sites excluding steroid dienone is 2. The van der Waals surface area contributed by atoms with E-state index in [2.05, 4.69) is 37.7 Å². The first-order valence-electron chi connectivity index (χ1n) is 14.1. The molecule has 5 rings (SSSR count). The summed E-state index contributed by atoms with van der Waals surface area (Å²) in [6.07, 6.45) is 5.02. The number of amidine groups is 1. The number of H-pyrrole nitrogens is 1. The van der Waals surface area contributed by atoms with Gasteiger partial charge < -0.3 is 20.9 Å². The summed E-state index contributed by atoms with van der Waals surface area (Å²) in [7, 11) is 3.28. The predicted octanol–water partition coefficient (Wildman–Crippen LogP) is 6.32. The van der Waals surface area contributed by atoms with E-state index < -0.39 is 5.82 Å².